The van der Waals surface area contributed by atoms with Crippen LogP contribution in [0.25, 0.3) is 0 Å². The predicted molar refractivity (Wildman–Crippen MR) is 65.3 cm³/mol. The Bertz CT molecular complexity index is 557. The van der Waals surface area contributed by atoms with Crippen molar-refractivity contribution >= 4 is 27.6 Å². The summed E-state index contributed by atoms with van der Waals surface area (Å²) in [6, 6.07) is 2.66. The largest absolute Gasteiger partial charge is 0.478 e. The molecule has 0 saturated carbocycles. The van der Waals surface area contributed by atoms with Gasteiger partial charge in [0, 0.05) is 6.04 Å². The minimum atomic E-state index is -3.82. The van der Waals surface area contributed by atoms with Crippen molar-refractivity contribution in [3.63, 3.8) is 0 Å². The van der Waals surface area contributed by atoms with Crippen molar-refractivity contribution < 1.29 is 23.4 Å². The number of carbonyl (C=O) groups is 1. The third-order valence-electron chi connectivity index (χ3n) is 2.11. The monoisotopic (exact) mass is 293 g/mol. The zero-order valence-corrected chi connectivity index (χ0v) is 11.0. The summed E-state index contributed by atoms with van der Waals surface area (Å²) in [4.78, 5) is 10.6. The van der Waals surface area contributed by atoms with Crippen LogP contribution in [-0.4, -0.2) is 37.2 Å². The number of hydrogen-bond acceptors (Lipinski definition) is 4. The van der Waals surface area contributed by atoms with Gasteiger partial charge in [-0.3, -0.25) is 0 Å². The van der Waals surface area contributed by atoms with Crippen LogP contribution in [-0.2, 0) is 10.0 Å². The second-order valence-corrected chi connectivity index (χ2v) is 5.77. The van der Waals surface area contributed by atoms with Crippen LogP contribution >= 0.6 is 11.6 Å². The summed E-state index contributed by atoms with van der Waals surface area (Å²) in [6.45, 7) is 1.14. The van der Waals surface area contributed by atoms with Crippen molar-refractivity contribution in [2.75, 3.05) is 6.61 Å². The summed E-state index contributed by atoms with van der Waals surface area (Å²) in [7, 11) is -3.82. The number of rotatable bonds is 5. The third-order valence-corrected chi connectivity index (χ3v) is 4.01. The van der Waals surface area contributed by atoms with E-state index in [9.17, 15) is 13.2 Å². The number of carboxylic acid groups (broad SMARTS) is 1. The van der Waals surface area contributed by atoms with Gasteiger partial charge in [-0.1, -0.05) is 11.6 Å². The molecule has 0 unspecified atom stereocenters. The highest BCUT2D eigenvalue weighted by Gasteiger charge is 2.19. The number of nitrogens with one attached hydrogen (secondary N) is 1. The van der Waals surface area contributed by atoms with Gasteiger partial charge in [-0.15, -0.1) is 0 Å². The molecule has 0 heterocycles. The number of benzene rings is 1. The Labute approximate surface area is 109 Å². The van der Waals surface area contributed by atoms with Crippen molar-refractivity contribution in [3.8, 4) is 0 Å². The first-order chi connectivity index (χ1) is 8.27. The van der Waals surface area contributed by atoms with Crippen LogP contribution in [0, 0.1) is 0 Å². The fourth-order valence-electron chi connectivity index (χ4n) is 1.21. The number of hydrogen-bond donors (Lipinski definition) is 3. The average molecular weight is 294 g/mol. The lowest BCUT2D eigenvalue weighted by Crippen LogP contribution is -2.35. The summed E-state index contributed by atoms with van der Waals surface area (Å²) < 4.78 is 25.8. The van der Waals surface area contributed by atoms with Crippen molar-refractivity contribution in [1.82, 2.24) is 4.72 Å². The van der Waals surface area contributed by atoms with E-state index in [2.05, 4.69) is 4.72 Å². The third kappa shape index (κ3) is 3.42. The lowest BCUT2D eigenvalue weighted by atomic mass is 10.2. The molecule has 0 fully saturated rings. The lowest BCUT2D eigenvalue weighted by Gasteiger charge is -2.12. The Hall–Kier alpha value is -1.15. The number of carboxylic acids is 1. The Morgan fingerprint density at radius 2 is 2.11 bits per heavy atom. The summed E-state index contributed by atoms with van der Waals surface area (Å²) in [5.41, 5.74) is -0.175. The van der Waals surface area contributed by atoms with Gasteiger partial charge in [-0.2, -0.15) is 0 Å². The molecule has 8 heteroatoms. The van der Waals surface area contributed by atoms with Gasteiger partial charge >= 0.3 is 5.97 Å². The molecule has 0 radical (unpaired) electrons. The Morgan fingerprint density at radius 3 is 2.56 bits per heavy atom. The van der Waals surface area contributed by atoms with Crippen LogP contribution in [0.2, 0.25) is 5.02 Å². The normalized spacial score (nSPS) is 13.3. The summed E-state index contributed by atoms with van der Waals surface area (Å²) in [5, 5.41) is 17.4. The Balaban J connectivity index is 3.12. The molecule has 6 nitrogen and oxygen atoms in total. The molecule has 0 aliphatic carbocycles. The molecule has 0 aromatic heterocycles. The molecule has 18 heavy (non-hydrogen) atoms. The highest BCUT2D eigenvalue weighted by atomic mass is 35.5. The number of halogens is 1. The first-order valence-electron chi connectivity index (χ1n) is 4.94. The molecule has 0 amide bonds. The quantitative estimate of drug-likeness (QED) is 0.741. The van der Waals surface area contributed by atoms with Gasteiger partial charge in [0.15, 0.2) is 0 Å². The molecule has 0 aliphatic rings. The topological polar surface area (TPSA) is 104 Å². The Morgan fingerprint density at radius 1 is 1.50 bits per heavy atom. The van der Waals surface area contributed by atoms with E-state index in [4.69, 9.17) is 21.8 Å². The zero-order valence-electron chi connectivity index (χ0n) is 9.42. The highest BCUT2D eigenvalue weighted by molar-refractivity contribution is 7.89. The van der Waals surface area contributed by atoms with Gasteiger partial charge in [0.1, 0.15) is 0 Å². The SMILES string of the molecule is C[C@@H](CO)NS(=O)(=O)c1ccc(C(=O)O)c(Cl)c1. The van der Waals surface area contributed by atoms with Gasteiger partial charge in [0.2, 0.25) is 10.0 Å². The fourth-order valence-corrected chi connectivity index (χ4v) is 2.79. The predicted octanol–water partition coefficient (Wildman–Crippen LogP) is 0.697. The van der Waals surface area contributed by atoms with Crippen LogP contribution in [0.1, 0.15) is 17.3 Å². The van der Waals surface area contributed by atoms with E-state index in [0.717, 1.165) is 18.2 Å². The maximum absolute atomic E-state index is 11.8. The van der Waals surface area contributed by atoms with Crippen LogP contribution < -0.4 is 4.72 Å². The van der Waals surface area contributed by atoms with E-state index >= 15 is 0 Å². The molecule has 1 aromatic carbocycles. The van der Waals surface area contributed by atoms with Crippen molar-refractivity contribution in [3.05, 3.63) is 28.8 Å². The van der Waals surface area contributed by atoms with Crippen LogP contribution in [0.3, 0.4) is 0 Å². The van der Waals surface area contributed by atoms with E-state index in [1.165, 1.54) is 6.92 Å². The van der Waals surface area contributed by atoms with Crippen molar-refractivity contribution in [2.45, 2.75) is 17.9 Å². The van der Waals surface area contributed by atoms with E-state index in [0.29, 0.717) is 0 Å². The maximum atomic E-state index is 11.8. The molecule has 3 N–H and O–H groups in total. The number of aliphatic hydroxyl groups excluding tert-OH is 1. The van der Waals surface area contributed by atoms with Crippen molar-refractivity contribution in [2.24, 2.45) is 0 Å². The van der Waals surface area contributed by atoms with E-state index in [1.54, 1.807) is 0 Å². The van der Waals surface area contributed by atoms with Crippen molar-refractivity contribution in [1.29, 1.82) is 0 Å². The second-order valence-electron chi connectivity index (χ2n) is 3.65. The minimum absolute atomic E-state index is 0.155. The summed E-state index contributed by atoms with van der Waals surface area (Å²) in [5.74, 6) is -1.24. The molecule has 1 aromatic rings. The molecule has 0 bridgehead atoms. The van der Waals surface area contributed by atoms with Gasteiger partial charge < -0.3 is 10.2 Å². The molecule has 0 aliphatic heterocycles. The molecular formula is C10H12ClNO5S. The number of sulfonamides is 1. The molecule has 0 saturated heterocycles. The minimum Gasteiger partial charge on any atom is -0.478 e. The maximum Gasteiger partial charge on any atom is 0.337 e. The van der Waals surface area contributed by atoms with E-state index in [1.807, 2.05) is 0 Å². The average Bonchev–Trinajstić information content (AvgIpc) is 2.27. The first kappa shape index (κ1) is 14.9. The smallest absolute Gasteiger partial charge is 0.337 e. The van der Waals surface area contributed by atoms with Crippen LogP contribution in [0.15, 0.2) is 23.1 Å². The van der Waals surface area contributed by atoms with E-state index < -0.39 is 22.0 Å². The lowest BCUT2D eigenvalue weighted by molar-refractivity contribution is 0.0697. The second kappa shape index (κ2) is 5.66. The Kier molecular flexibility index (Phi) is 4.69. The van der Waals surface area contributed by atoms with Gasteiger partial charge in [-0.25, -0.2) is 17.9 Å². The summed E-state index contributed by atoms with van der Waals surface area (Å²) in [6.07, 6.45) is 0. The van der Waals surface area contributed by atoms with Gasteiger partial charge in [0.25, 0.3) is 0 Å². The number of aromatic carboxylic acids is 1. The van der Waals surface area contributed by atoms with Gasteiger partial charge in [0.05, 0.1) is 22.1 Å². The highest BCUT2D eigenvalue weighted by Crippen LogP contribution is 2.21. The fraction of sp³-hybridized carbons (Fsp3) is 0.300. The summed E-state index contributed by atoms with van der Waals surface area (Å²) >= 11 is 5.68. The number of aliphatic hydroxyl groups is 1. The first-order valence-corrected chi connectivity index (χ1v) is 6.80. The van der Waals surface area contributed by atoms with Gasteiger partial charge in [-0.05, 0) is 25.1 Å². The molecule has 100 valence electrons. The standard InChI is InChI=1S/C10H12ClNO5S/c1-6(5-13)12-18(16,17)7-2-3-8(10(14)15)9(11)4-7/h2-4,6,12-13H,5H2,1H3,(H,14,15)/t6-/m0/s1. The molecule has 0 spiro atoms. The van der Waals surface area contributed by atoms with Crippen LogP contribution in [0.4, 0.5) is 0 Å². The molecule has 1 atom stereocenters. The molecular weight excluding hydrogens is 282 g/mol. The molecule has 1 rings (SSSR count). The zero-order chi connectivity index (χ0) is 13.9. The van der Waals surface area contributed by atoms with E-state index in [-0.39, 0.29) is 22.1 Å². The van der Waals surface area contributed by atoms with Crippen LogP contribution in [0.5, 0.6) is 0 Å².